The minimum absolute atomic E-state index is 0.455. The van der Waals surface area contributed by atoms with Crippen LogP contribution in [-0.2, 0) is 12.8 Å². The fourth-order valence-electron chi connectivity index (χ4n) is 3.23. The highest BCUT2D eigenvalue weighted by molar-refractivity contribution is 5.49. The molecule has 1 saturated heterocycles. The van der Waals surface area contributed by atoms with Crippen molar-refractivity contribution in [3.05, 3.63) is 35.7 Å². The SMILES string of the molecule is CCc1nnc(N2CCC(Nc3cccc(OC)c3)CC2)nc1CC. The molecule has 134 valence electrons. The first-order valence-electron chi connectivity index (χ1n) is 9.11. The van der Waals surface area contributed by atoms with Crippen molar-refractivity contribution in [2.24, 2.45) is 0 Å². The maximum absolute atomic E-state index is 5.29. The van der Waals surface area contributed by atoms with Crippen molar-refractivity contribution in [2.45, 2.75) is 45.6 Å². The molecule has 1 aliphatic heterocycles. The molecule has 1 N–H and O–H groups in total. The maximum Gasteiger partial charge on any atom is 0.245 e. The van der Waals surface area contributed by atoms with Crippen LogP contribution in [0, 0.1) is 0 Å². The lowest BCUT2D eigenvalue weighted by atomic mass is 10.0. The Morgan fingerprint density at radius 3 is 2.56 bits per heavy atom. The van der Waals surface area contributed by atoms with Gasteiger partial charge in [-0.1, -0.05) is 19.9 Å². The minimum atomic E-state index is 0.455. The number of piperidine rings is 1. The quantitative estimate of drug-likeness (QED) is 0.871. The van der Waals surface area contributed by atoms with Crippen LogP contribution >= 0.6 is 0 Å². The van der Waals surface area contributed by atoms with Crippen LogP contribution in [0.15, 0.2) is 24.3 Å². The topological polar surface area (TPSA) is 63.2 Å². The zero-order valence-corrected chi connectivity index (χ0v) is 15.3. The van der Waals surface area contributed by atoms with E-state index in [2.05, 4.69) is 40.3 Å². The van der Waals surface area contributed by atoms with Gasteiger partial charge in [0.2, 0.25) is 5.95 Å². The summed E-state index contributed by atoms with van der Waals surface area (Å²) in [7, 11) is 1.69. The van der Waals surface area contributed by atoms with Gasteiger partial charge < -0.3 is 15.0 Å². The van der Waals surface area contributed by atoms with Crippen molar-refractivity contribution in [3.8, 4) is 5.75 Å². The number of aromatic nitrogens is 3. The Labute approximate surface area is 149 Å². The highest BCUT2D eigenvalue weighted by Crippen LogP contribution is 2.22. The van der Waals surface area contributed by atoms with Gasteiger partial charge in [0.1, 0.15) is 5.75 Å². The summed E-state index contributed by atoms with van der Waals surface area (Å²) in [5.74, 6) is 1.65. The van der Waals surface area contributed by atoms with Crippen molar-refractivity contribution in [1.29, 1.82) is 0 Å². The van der Waals surface area contributed by atoms with Gasteiger partial charge >= 0.3 is 0 Å². The standard InChI is InChI=1S/C19H27N5O/c1-4-17-18(5-2)22-23-19(21-17)24-11-9-14(10-12-24)20-15-7-6-8-16(13-15)25-3/h6-8,13-14,20H,4-5,9-12H2,1-3H3. The molecule has 25 heavy (non-hydrogen) atoms. The molecule has 6 heteroatoms. The molecule has 0 radical (unpaired) electrons. The summed E-state index contributed by atoms with van der Waals surface area (Å²) in [6, 6.07) is 8.55. The maximum atomic E-state index is 5.29. The first kappa shape index (κ1) is 17.5. The lowest BCUT2D eigenvalue weighted by Crippen LogP contribution is -2.40. The molecule has 6 nitrogen and oxygen atoms in total. The second kappa shape index (κ2) is 8.14. The van der Waals surface area contributed by atoms with Gasteiger partial charge in [0.05, 0.1) is 18.5 Å². The van der Waals surface area contributed by atoms with Gasteiger partial charge in [-0.2, -0.15) is 5.10 Å². The number of nitrogens with zero attached hydrogens (tertiary/aromatic N) is 4. The van der Waals surface area contributed by atoms with Crippen molar-refractivity contribution in [2.75, 3.05) is 30.4 Å². The molecule has 1 aromatic carbocycles. The fourth-order valence-corrected chi connectivity index (χ4v) is 3.23. The number of aryl methyl sites for hydroxylation is 2. The molecule has 0 aliphatic carbocycles. The van der Waals surface area contributed by atoms with Gasteiger partial charge in [-0.05, 0) is 37.8 Å². The van der Waals surface area contributed by atoms with E-state index in [9.17, 15) is 0 Å². The lowest BCUT2D eigenvalue weighted by Gasteiger charge is -2.32. The van der Waals surface area contributed by atoms with Crippen LogP contribution in [0.2, 0.25) is 0 Å². The molecule has 0 bridgehead atoms. The number of nitrogens with one attached hydrogen (secondary N) is 1. The van der Waals surface area contributed by atoms with Crippen molar-refractivity contribution in [1.82, 2.24) is 15.2 Å². The summed E-state index contributed by atoms with van der Waals surface area (Å²) in [5, 5.41) is 12.3. The van der Waals surface area contributed by atoms with E-state index < -0.39 is 0 Å². The molecule has 0 atom stereocenters. The summed E-state index contributed by atoms with van der Waals surface area (Å²) in [5.41, 5.74) is 3.20. The van der Waals surface area contributed by atoms with E-state index in [-0.39, 0.29) is 0 Å². The van der Waals surface area contributed by atoms with E-state index in [1.807, 2.05) is 18.2 Å². The summed E-state index contributed by atoms with van der Waals surface area (Å²) < 4.78 is 5.29. The van der Waals surface area contributed by atoms with Gasteiger partial charge in [0.15, 0.2) is 0 Å². The van der Waals surface area contributed by atoms with Crippen molar-refractivity contribution >= 4 is 11.6 Å². The Hall–Kier alpha value is -2.37. The van der Waals surface area contributed by atoms with E-state index in [1.54, 1.807) is 7.11 Å². The third-order valence-corrected chi connectivity index (χ3v) is 4.72. The Kier molecular flexibility index (Phi) is 5.68. The molecule has 1 aliphatic rings. The van der Waals surface area contributed by atoms with Gasteiger partial charge in [-0.25, -0.2) is 4.98 Å². The van der Waals surface area contributed by atoms with E-state index >= 15 is 0 Å². The van der Waals surface area contributed by atoms with Crippen LogP contribution in [0.1, 0.15) is 38.1 Å². The van der Waals surface area contributed by atoms with Gasteiger partial charge in [-0.15, -0.1) is 5.10 Å². The Morgan fingerprint density at radius 2 is 1.88 bits per heavy atom. The van der Waals surface area contributed by atoms with E-state index in [1.165, 1.54) is 0 Å². The lowest BCUT2D eigenvalue weighted by molar-refractivity contribution is 0.415. The first-order chi connectivity index (χ1) is 12.2. The monoisotopic (exact) mass is 341 g/mol. The largest absolute Gasteiger partial charge is 0.497 e. The number of rotatable bonds is 6. The number of methoxy groups -OCH3 is 1. The Morgan fingerprint density at radius 1 is 1.12 bits per heavy atom. The summed E-state index contributed by atoms with van der Waals surface area (Å²) in [4.78, 5) is 6.98. The second-order valence-corrected chi connectivity index (χ2v) is 6.35. The predicted molar refractivity (Wildman–Crippen MR) is 100 cm³/mol. The highest BCUT2D eigenvalue weighted by Gasteiger charge is 2.22. The molecular weight excluding hydrogens is 314 g/mol. The zero-order valence-electron chi connectivity index (χ0n) is 15.3. The van der Waals surface area contributed by atoms with Crippen LogP contribution in [0.25, 0.3) is 0 Å². The van der Waals surface area contributed by atoms with Crippen molar-refractivity contribution < 1.29 is 4.74 Å². The molecule has 0 amide bonds. The van der Waals surface area contributed by atoms with Crippen LogP contribution in [-0.4, -0.2) is 41.4 Å². The molecular formula is C19H27N5O. The Bertz CT molecular complexity index is 698. The average molecular weight is 341 g/mol. The van der Waals surface area contributed by atoms with Gasteiger partial charge in [-0.3, -0.25) is 0 Å². The van der Waals surface area contributed by atoms with Crippen molar-refractivity contribution in [3.63, 3.8) is 0 Å². The third-order valence-electron chi connectivity index (χ3n) is 4.72. The van der Waals surface area contributed by atoms with Crippen LogP contribution in [0.5, 0.6) is 5.75 Å². The number of hydrogen-bond donors (Lipinski definition) is 1. The molecule has 2 heterocycles. The average Bonchev–Trinajstić information content (AvgIpc) is 2.68. The Balaban J connectivity index is 1.60. The number of ether oxygens (including phenoxy) is 1. The number of anilines is 2. The molecule has 1 fully saturated rings. The smallest absolute Gasteiger partial charge is 0.245 e. The number of hydrogen-bond acceptors (Lipinski definition) is 6. The van der Waals surface area contributed by atoms with Gasteiger partial charge in [0.25, 0.3) is 0 Å². The van der Waals surface area contributed by atoms with Gasteiger partial charge in [0, 0.05) is 30.9 Å². The second-order valence-electron chi connectivity index (χ2n) is 6.35. The molecule has 0 unspecified atom stereocenters. The minimum Gasteiger partial charge on any atom is -0.497 e. The molecule has 2 aromatic rings. The zero-order chi connectivity index (χ0) is 17.6. The van der Waals surface area contributed by atoms with E-state index in [4.69, 9.17) is 9.72 Å². The van der Waals surface area contributed by atoms with Crippen LogP contribution in [0.3, 0.4) is 0 Å². The van der Waals surface area contributed by atoms with Crippen LogP contribution < -0.4 is 15.0 Å². The molecule has 0 spiro atoms. The third kappa shape index (κ3) is 4.18. The van der Waals surface area contributed by atoms with E-state index in [0.717, 1.165) is 67.5 Å². The first-order valence-corrected chi connectivity index (χ1v) is 9.11. The molecule has 1 aromatic heterocycles. The van der Waals surface area contributed by atoms with Crippen LogP contribution in [0.4, 0.5) is 11.6 Å². The molecule has 3 rings (SSSR count). The summed E-state index contributed by atoms with van der Waals surface area (Å²) >= 11 is 0. The fraction of sp³-hybridized carbons (Fsp3) is 0.526. The highest BCUT2D eigenvalue weighted by atomic mass is 16.5. The predicted octanol–water partition coefficient (Wildman–Crippen LogP) is 3.09. The summed E-state index contributed by atoms with van der Waals surface area (Å²) in [6.45, 7) is 6.10. The van der Waals surface area contributed by atoms with E-state index in [0.29, 0.717) is 6.04 Å². The number of benzene rings is 1. The molecule has 0 saturated carbocycles. The summed E-state index contributed by atoms with van der Waals surface area (Å²) in [6.07, 6.45) is 3.89. The normalized spacial score (nSPS) is 15.2.